The van der Waals surface area contributed by atoms with Crippen molar-refractivity contribution in [2.45, 2.75) is 20.4 Å². The van der Waals surface area contributed by atoms with E-state index in [4.69, 9.17) is 0 Å². The quantitative estimate of drug-likeness (QED) is 0.790. The number of amides is 1. The minimum atomic E-state index is -0.310. The van der Waals surface area contributed by atoms with Crippen LogP contribution in [0.5, 0.6) is 5.75 Å². The van der Waals surface area contributed by atoms with Crippen molar-refractivity contribution in [1.82, 2.24) is 5.32 Å². The molecule has 0 radical (unpaired) electrons. The molecule has 0 aliphatic heterocycles. The van der Waals surface area contributed by atoms with Gasteiger partial charge in [-0.3, -0.25) is 4.79 Å². The van der Waals surface area contributed by atoms with Gasteiger partial charge in [0.25, 0.3) is 5.91 Å². The summed E-state index contributed by atoms with van der Waals surface area (Å²) in [6.07, 6.45) is 0. The lowest BCUT2D eigenvalue weighted by molar-refractivity contribution is 0.102. The van der Waals surface area contributed by atoms with Gasteiger partial charge in [-0.15, -0.1) is 0 Å². The molecule has 0 fully saturated rings. The van der Waals surface area contributed by atoms with Crippen LogP contribution in [0.3, 0.4) is 0 Å². The summed E-state index contributed by atoms with van der Waals surface area (Å²) >= 11 is 0. The molecule has 0 atom stereocenters. The van der Waals surface area contributed by atoms with Crippen molar-refractivity contribution in [1.29, 1.82) is 0 Å². The molecule has 110 valence electrons. The summed E-state index contributed by atoms with van der Waals surface area (Å²) in [6, 6.07) is 12.8. The van der Waals surface area contributed by atoms with E-state index in [0.717, 1.165) is 18.7 Å². The van der Waals surface area contributed by atoms with Crippen LogP contribution in [-0.2, 0) is 6.54 Å². The monoisotopic (exact) mass is 284 g/mol. The first kappa shape index (κ1) is 15.1. The predicted octanol–water partition coefficient (Wildman–Crippen LogP) is 3.06. The summed E-state index contributed by atoms with van der Waals surface area (Å²) in [6.45, 7) is 5.55. The van der Waals surface area contributed by atoms with Crippen LogP contribution in [0, 0.1) is 6.92 Å². The van der Waals surface area contributed by atoms with E-state index < -0.39 is 0 Å². The molecule has 2 aromatic rings. The number of carbonyl (C=O) groups is 1. The zero-order chi connectivity index (χ0) is 15.2. The third-order valence-electron chi connectivity index (χ3n) is 3.27. The summed E-state index contributed by atoms with van der Waals surface area (Å²) in [7, 11) is 0. The molecule has 0 unspecified atom stereocenters. The standard InChI is InChI=1S/C17H20N2O2/c1-3-18-11-13-7-9-14(10-8-13)19-17(21)15-6-4-5-12(2)16(15)20/h4-10,18,20H,3,11H2,1-2H3,(H,19,21). The number of aromatic hydroxyl groups is 1. The van der Waals surface area contributed by atoms with Crippen molar-refractivity contribution in [3.63, 3.8) is 0 Å². The molecule has 0 aromatic heterocycles. The smallest absolute Gasteiger partial charge is 0.259 e. The summed E-state index contributed by atoms with van der Waals surface area (Å²) in [4.78, 5) is 12.2. The van der Waals surface area contributed by atoms with E-state index in [9.17, 15) is 9.90 Å². The minimum Gasteiger partial charge on any atom is -0.507 e. The number of anilines is 1. The van der Waals surface area contributed by atoms with Gasteiger partial charge in [0.2, 0.25) is 0 Å². The molecule has 3 N–H and O–H groups in total. The Kier molecular flexibility index (Phi) is 4.95. The fourth-order valence-corrected chi connectivity index (χ4v) is 2.02. The van der Waals surface area contributed by atoms with Gasteiger partial charge in [0.15, 0.2) is 0 Å². The van der Waals surface area contributed by atoms with Crippen LogP contribution in [-0.4, -0.2) is 17.6 Å². The molecule has 0 heterocycles. The fraction of sp³-hybridized carbons (Fsp3) is 0.235. The average Bonchev–Trinajstić information content (AvgIpc) is 2.49. The number of carbonyl (C=O) groups excluding carboxylic acids is 1. The number of rotatable bonds is 5. The Morgan fingerprint density at radius 1 is 1.14 bits per heavy atom. The Hall–Kier alpha value is -2.33. The third-order valence-corrected chi connectivity index (χ3v) is 3.27. The van der Waals surface area contributed by atoms with Crippen molar-refractivity contribution in [2.24, 2.45) is 0 Å². The molecule has 0 saturated carbocycles. The first-order valence-corrected chi connectivity index (χ1v) is 7.01. The number of phenolic OH excluding ortho intramolecular Hbond substituents is 1. The average molecular weight is 284 g/mol. The second-order valence-electron chi connectivity index (χ2n) is 4.90. The van der Waals surface area contributed by atoms with E-state index in [1.807, 2.05) is 24.3 Å². The second-order valence-corrected chi connectivity index (χ2v) is 4.90. The number of hydrogen-bond donors (Lipinski definition) is 3. The first-order valence-electron chi connectivity index (χ1n) is 7.01. The number of hydrogen-bond acceptors (Lipinski definition) is 3. The zero-order valence-electron chi connectivity index (χ0n) is 12.3. The van der Waals surface area contributed by atoms with Crippen molar-refractivity contribution in [2.75, 3.05) is 11.9 Å². The molecule has 2 rings (SSSR count). The normalized spacial score (nSPS) is 10.4. The lowest BCUT2D eigenvalue weighted by atomic mass is 10.1. The van der Waals surface area contributed by atoms with Gasteiger partial charge in [-0.1, -0.05) is 31.2 Å². The lowest BCUT2D eigenvalue weighted by Gasteiger charge is -2.09. The highest BCUT2D eigenvalue weighted by Gasteiger charge is 2.12. The topological polar surface area (TPSA) is 61.4 Å². The van der Waals surface area contributed by atoms with Crippen LogP contribution in [0.1, 0.15) is 28.4 Å². The Bertz CT molecular complexity index is 621. The second kappa shape index (κ2) is 6.90. The van der Waals surface area contributed by atoms with E-state index in [0.29, 0.717) is 11.3 Å². The molecule has 2 aromatic carbocycles. The maximum atomic E-state index is 12.2. The van der Waals surface area contributed by atoms with E-state index in [2.05, 4.69) is 17.6 Å². The Morgan fingerprint density at radius 2 is 1.86 bits per heavy atom. The lowest BCUT2D eigenvalue weighted by Crippen LogP contribution is -2.13. The minimum absolute atomic E-state index is 0.0266. The van der Waals surface area contributed by atoms with E-state index >= 15 is 0 Å². The Labute approximate surface area is 124 Å². The maximum Gasteiger partial charge on any atom is 0.259 e. The maximum absolute atomic E-state index is 12.2. The summed E-state index contributed by atoms with van der Waals surface area (Å²) in [5.41, 5.74) is 2.84. The van der Waals surface area contributed by atoms with E-state index in [-0.39, 0.29) is 17.2 Å². The molecule has 4 nitrogen and oxygen atoms in total. The molecule has 1 amide bonds. The van der Waals surface area contributed by atoms with Gasteiger partial charge in [-0.25, -0.2) is 0 Å². The van der Waals surface area contributed by atoms with Gasteiger partial charge < -0.3 is 15.7 Å². The third kappa shape index (κ3) is 3.83. The molecule has 0 saturated heterocycles. The summed E-state index contributed by atoms with van der Waals surface area (Å²) in [5, 5.41) is 16.0. The number of para-hydroxylation sites is 1. The van der Waals surface area contributed by atoms with Crippen LogP contribution in [0.15, 0.2) is 42.5 Å². The largest absolute Gasteiger partial charge is 0.507 e. The van der Waals surface area contributed by atoms with Crippen LogP contribution in [0.25, 0.3) is 0 Å². The highest BCUT2D eigenvalue weighted by molar-refractivity contribution is 6.06. The Morgan fingerprint density at radius 3 is 2.52 bits per heavy atom. The molecule has 0 aliphatic carbocycles. The number of aryl methyl sites for hydroxylation is 1. The summed E-state index contributed by atoms with van der Waals surface area (Å²) < 4.78 is 0. The van der Waals surface area contributed by atoms with Crippen LogP contribution in [0.4, 0.5) is 5.69 Å². The Balaban J connectivity index is 2.07. The van der Waals surface area contributed by atoms with Crippen LogP contribution < -0.4 is 10.6 Å². The molecule has 21 heavy (non-hydrogen) atoms. The van der Waals surface area contributed by atoms with Crippen LogP contribution in [0.2, 0.25) is 0 Å². The van der Waals surface area contributed by atoms with Crippen molar-refractivity contribution in [3.05, 3.63) is 59.2 Å². The highest BCUT2D eigenvalue weighted by atomic mass is 16.3. The van der Waals surface area contributed by atoms with Gasteiger partial charge >= 0.3 is 0 Å². The number of nitrogens with one attached hydrogen (secondary N) is 2. The predicted molar refractivity (Wildman–Crippen MR) is 84.6 cm³/mol. The molecule has 0 spiro atoms. The van der Waals surface area contributed by atoms with Gasteiger partial charge in [0.1, 0.15) is 5.75 Å². The van der Waals surface area contributed by atoms with Gasteiger partial charge in [-0.05, 0) is 42.8 Å². The van der Waals surface area contributed by atoms with Gasteiger partial charge in [0.05, 0.1) is 5.56 Å². The van der Waals surface area contributed by atoms with Crippen molar-refractivity contribution in [3.8, 4) is 5.75 Å². The SMILES string of the molecule is CCNCc1ccc(NC(=O)c2cccc(C)c2O)cc1. The molecule has 4 heteroatoms. The number of benzene rings is 2. The van der Waals surface area contributed by atoms with Crippen LogP contribution >= 0.6 is 0 Å². The molecular formula is C17H20N2O2. The van der Waals surface area contributed by atoms with Gasteiger partial charge in [0, 0.05) is 12.2 Å². The first-order chi connectivity index (χ1) is 10.1. The molecule has 0 aliphatic rings. The van der Waals surface area contributed by atoms with Crippen molar-refractivity contribution < 1.29 is 9.90 Å². The van der Waals surface area contributed by atoms with E-state index in [1.165, 1.54) is 0 Å². The number of phenols is 1. The highest BCUT2D eigenvalue weighted by Crippen LogP contribution is 2.22. The zero-order valence-corrected chi connectivity index (χ0v) is 12.3. The fourth-order valence-electron chi connectivity index (χ4n) is 2.02. The van der Waals surface area contributed by atoms with E-state index in [1.54, 1.807) is 25.1 Å². The van der Waals surface area contributed by atoms with Crippen molar-refractivity contribution >= 4 is 11.6 Å². The molecule has 0 bridgehead atoms. The summed E-state index contributed by atoms with van der Waals surface area (Å²) in [5.74, 6) is -0.283. The molecular weight excluding hydrogens is 264 g/mol. The van der Waals surface area contributed by atoms with Gasteiger partial charge in [-0.2, -0.15) is 0 Å².